The number of nitrogens with one attached hydrogen (secondary N) is 1. The normalized spacial score (nSPS) is 15.2. The van der Waals surface area contributed by atoms with Crippen LogP contribution >= 0.6 is 12.4 Å². The van der Waals surface area contributed by atoms with Crippen molar-refractivity contribution >= 4 is 23.3 Å². The van der Waals surface area contributed by atoms with Crippen molar-refractivity contribution in [1.82, 2.24) is 9.88 Å². The van der Waals surface area contributed by atoms with Crippen LogP contribution in [0.3, 0.4) is 0 Å². The number of benzene rings is 3. The zero-order valence-corrected chi connectivity index (χ0v) is 19.4. The van der Waals surface area contributed by atoms with E-state index >= 15 is 0 Å². The number of nitrogens with zero attached hydrogens (tertiary/aromatic N) is 1. The van der Waals surface area contributed by atoms with Crippen LogP contribution in [0.25, 0.3) is 10.9 Å². The van der Waals surface area contributed by atoms with Crippen LogP contribution in [0.1, 0.15) is 41.1 Å². The maximum atomic E-state index is 5.59. The van der Waals surface area contributed by atoms with E-state index in [0.29, 0.717) is 5.92 Å². The summed E-state index contributed by atoms with van der Waals surface area (Å²) in [4.78, 5) is 0. The molecule has 0 spiro atoms. The monoisotopic (exact) mass is 446 g/mol. The molecule has 1 atom stereocenters. The average Bonchev–Trinajstić information content (AvgIpc) is 3.14. The van der Waals surface area contributed by atoms with Gasteiger partial charge < -0.3 is 14.6 Å². The Kier molecular flexibility index (Phi) is 7.19. The smallest absolute Gasteiger partial charge is 0.119 e. The fraction of sp³-hybridized carbons (Fsp3) is 0.286. The van der Waals surface area contributed by atoms with Crippen LogP contribution in [0.5, 0.6) is 5.75 Å². The van der Waals surface area contributed by atoms with E-state index in [9.17, 15) is 0 Å². The standard InChI is InChI=1S/C28H30N2O.ClH/c1-31-24-15-16-26-25(17-24)28-23(19-29-18-21-9-4-2-5-10-21)13-8-14-27(28)30(26)20-22-11-6-3-7-12-22;/h2-7,9-12,15-17,23,29H,8,13-14,18-20H2,1H3;1H. The molecule has 0 aliphatic heterocycles. The lowest BCUT2D eigenvalue weighted by Gasteiger charge is -2.25. The number of halogens is 1. The molecule has 1 aliphatic carbocycles. The van der Waals surface area contributed by atoms with Gasteiger partial charge in [0.1, 0.15) is 5.75 Å². The number of aromatic nitrogens is 1. The topological polar surface area (TPSA) is 26.2 Å². The summed E-state index contributed by atoms with van der Waals surface area (Å²) in [5.74, 6) is 1.47. The van der Waals surface area contributed by atoms with Crippen molar-refractivity contribution in [1.29, 1.82) is 0 Å². The lowest BCUT2D eigenvalue weighted by molar-refractivity contribution is 0.415. The van der Waals surface area contributed by atoms with Gasteiger partial charge in [-0.2, -0.15) is 0 Å². The summed E-state index contributed by atoms with van der Waals surface area (Å²) in [6.45, 7) is 2.84. The van der Waals surface area contributed by atoms with Crippen molar-refractivity contribution in [3.05, 3.63) is 101 Å². The van der Waals surface area contributed by atoms with Crippen LogP contribution in [-0.4, -0.2) is 18.2 Å². The zero-order chi connectivity index (χ0) is 21.0. The van der Waals surface area contributed by atoms with Gasteiger partial charge in [-0.25, -0.2) is 0 Å². The van der Waals surface area contributed by atoms with Gasteiger partial charge in [-0.05, 0) is 60.1 Å². The Bertz CT molecular complexity index is 1150. The quantitative estimate of drug-likeness (QED) is 0.359. The van der Waals surface area contributed by atoms with Crippen molar-refractivity contribution in [2.24, 2.45) is 0 Å². The molecule has 0 saturated carbocycles. The van der Waals surface area contributed by atoms with E-state index < -0.39 is 0 Å². The molecule has 1 heterocycles. The number of ether oxygens (including phenoxy) is 1. The van der Waals surface area contributed by atoms with Crippen molar-refractivity contribution in [3.63, 3.8) is 0 Å². The molecule has 5 rings (SSSR count). The Hall–Kier alpha value is -2.75. The SMILES string of the molecule is COc1ccc2c(c1)c1c(n2Cc2ccccc2)CCCC1CNCc1ccccc1.Cl. The Morgan fingerprint density at radius 3 is 2.38 bits per heavy atom. The highest BCUT2D eigenvalue weighted by Gasteiger charge is 2.27. The number of hydrogen-bond donors (Lipinski definition) is 1. The van der Waals surface area contributed by atoms with E-state index in [1.54, 1.807) is 7.11 Å². The fourth-order valence-electron chi connectivity index (χ4n) is 5.06. The molecule has 0 radical (unpaired) electrons. The second-order valence-electron chi connectivity index (χ2n) is 8.52. The Morgan fingerprint density at radius 2 is 1.66 bits per heavy atom. The number of methoxy groups -OCH3 is 1. The molecule has 1 unspecified atom stereocenters. The fourth-order valence-corrected chi connectivity index (χ4v) is 5.06. The predicted molar refractivity (Wildman–Crippen MR) is 135 cm³/mol. The molecule has 0 fully saturated rings. The minimum absolute atomic E-state index is 0. The highest BCUT2D eigenvalue weighted by atomic mass is 35.5. The minimum atomic E-state index is 0. The first-order valence-electron chi connectivity index (χ1n) is 11.3. The van der Waals surface area contributed by atoms with E-state index in [4.69, 9.17) is 4.74 Å². The van der Waals surface area contributed by atoms with Crippen molar-refractivity contribution in [2.75, 3.05) is 13.7 Å². The molecule has 32 heavy (non-hydrogen) atoms. The Balaban J connectivity index is 0.00000245. The Morgan fingerprint density at radius 1 is 0.938 bits per heavy atom. The first-order valence-corrected chi connectivity index (χ1v) is 11.3. The molecule has 0 bridgehead atoms. The number of rotatable bonds is 7. The summed E-state index contributed by atoms with van der Waals surface area (Å²) in [7, 11) is 1.76. The van der Waals surface area contributed by atoms with Gasteiger partial charge in [0.25, 0.3) is 0 Å². The van der Waals surface area contributed by atoms with Crippen molar-refractivity contribution < 1.29 is 4.74 Å². The highest BCUT2D eigenvalue weighted by molar-refractivity contribution is 5.88. The third kappa shape index (κ3) is 4.55. The first kappa shape index (κ1) is 22.4. The van der Waals surface area contributed by atoms with E-state index in [0.717, 1.165) is 31.8 Å². The van der Waals surface area contributed by atoms with Crippen molar-refractivity contribution in [2.45, 2.75) is 38.3 Å². The average molecular weight is 447 g/mol. The van der Waals surface area contributed by atoms with Crippen LogP contribution < -0.4 is 10.1 Å². The molecule has 1 aromatic heterocycles. The summed E-state index contributed by atoms with van der Waals surface area (Å²) < 4.78 is 8.13. The second-order valence-corrected chi connectivity index (χ2v) is 8.52. The van der Waals surface area contributed by atoms with Gasteiger partial charge in [-0.15, -0.1) is 12.4 Å². The van der Waals surface area contributed by atoms with Gasteiger partial charge in [0.2, 0.25) is 0 Å². The largest absolute Gasteiger partial charge is 0.497 e. The zero-order valence-electron chi connectivity index (χ0n) is 18.6. The second kappa shape index (κ2) is 10.2. The molecule has 4 heteroatoms. The predicted octanol–water partition coefficient (Wildman–Crippen LogP) is 6.33. The summed E-state index contributed by atoms with van der Waals surface area (Å²) in [6, 6.07) is 28.1. The molecule has 3 aromatic carbocycles. The van der Waals surface area contributed by atoms with E-state index in [1.165, 1.54) is 46.1 Å². The molecule has 1 aliphatic rings. The molecular weight excluding hydrogens is 416 g/mol. The molecular formula is C28H31ClN2O. The summed E-state index contributed by atoms with van der Waals surface area (Å²) in [5.41, 5.74) is 7.04. The van der Waals surface area contributed by atoms with E-state index in [2.05, 4.69) is 88.7 Å². The molecule has 0 saturated heterocycles. The number of hydrogen-bond acceptors (Lipinski definition) is 2. The minimum Gasteiger partial charge on any atom is -0.497 e. The molecule has 3 nitrogen and oxygen atoms in total. The van der Waals surface area contributed by atoms with Gasteiger partial charge in [0.05, 0.1) is 7.11 Å². The van der Waals surface area contributed by atoms with Crippen LogP contribution in [-0.2, 0) is 19.5 Å². The first-order chi connectivity index (χ1) is 15.3. The molecule has 0 amide bonds. The lowest BCUT2D eigenvalue weighted by atomic mass is 9.85. The molecule has 1 N–H and O–H groups in total. The highest BCUT2D eigenvalue weighted by Crippen LogP contribution is 2.40. The molecule has 166 valence electrons. The maximum Gasteiger partial charge on any atom is 0.119 e. The summed E-state index contributed by atoms with van der Waals surface area (Å²) in [5, 5.41) is 5.08. The third-order valence-corrected chi connectivity index (χ3v) is 6.54. The summed E-state index contributed by atoms with van der Waals surface area (Å²) >= 11 is 0. The van der Waals surface area contributed by atoms with Gasteiger partial charge in [0.15, 0.2) is 0 Å². The van der Waals surface area contributed by atoms with E-state index in [-0.39, 0.29) is 12.4 Å². The Labute approximate surface area is 196 Å². The molecule has 4 aromatic rings. The van der Waals surface area contributed by atoms with E-state index in [1.807, 2.05) is 0 Å². The van der Waals surface area contributed by atoms with Gasteiger partial charge in [-0.3, -0.25) is 0 Å². The van der Waals surface area contributed by atoms with Gasteiger partial charge in [0, 0.05) is 36.2 Å². The lowest BCUT2D eigenvalue weighted by Crippen LogP contribution is -2.24. The number of fused-ring (bicyclic) bond motifs is 3. The maximum absolute atomic E-state index is 5.59. The van der Waals surface area contributed by atoms with Crippen LogP contribution in [0.15, 0.2) is 78.9 Å². The van der Waals surface area contributed by atoms with Gasteiger partial charge in [-0.1, -0.05) is 60.7 Å². The van der Waals surface area contributed by atoms with Crippen LogP contribution in [0.4, 0.5) is 0 Å². The summed E-state index contributed by atoms with van der Waals surface area (Å²) in [6.07, 6.45) is 3.62. The van der Waals surface area contributed by atoms with Gasteiger partial charge >= 0.3 is 0 Å². The van der Waals surface area contributed by atoms with Crippen LogP contribution in [0.2, 0.25) is 0 Å². The van der Waals surface area contributed by atoms with Crippen LogP contribution in [0, 0.1) is 0 Å². The third-order valence-electron chi connectivity index (χ3n) is 6.54. The van der Waals surface area contributed by atoms with Crippen molar-refractivity contribution in [3.8, 4) is 5.75 Å².